The lowest BCUT2D eigenvalue weighted by molar-refractivity contribution is -0.139. The molecule has 32 heavy (non-hydrogen) atoms. The van der Waals surface area contributed by atoms with Crippen molar-refractivity contribution in [3.05, 3.63) is 11.6 Å². The maximum absolute atomic E-state index is 13.0. The van der Waals surface area contributed by atoms with Crippen LogP contribution in [0.3, 0.4) is 0 Å². The van der Waals surface area contributed by atoms with E-state index in [1.54, 1.807) is 14.0 Å². The molecule has 0 aromatic carbocycles. The molecule has 1 aromatic rings. The molecule has 0 fully saturated rings. The van der Waals surface area contributed by atoms with Crippen LogP contribution in [0.2, 0.25) is 0 Å². The molecule has 1 aliphatic heterocycles. The molecule has 0 saturated carbocycles. The predicted octanol–water partition coefficient (Wildman–Crippen LogP) is 2.31. The quantitative estimate of drug-likeness (QED) is 0.762. The molecule has 0 saturated heterocycles. The van der Waals surface area contributed by atoms with Crippen molar-refractivity contribution in [3.63, 3.8) is 0 Å². The number of nitrogens with zero attached hydrogens (tertiary/aromatic N) is 5. The van der Waals surface area contributed by atoms with Gasteiger partial charge in [0, 0.05) is 33.0 Å². The van der Waals surface area contributed by atoms with Gasteiger partial charge in [-0.15, -0.1) is 0 Å². The summed E-state index contributed by atoms with van der Waals surface area (Å²) in [6.07, 6.45) is 2.02. The highest BCUT2D eigenvalue weighted by atomic mass is 16.2. The number of rotatable bonds is 4. The first-order chi connectivity index (χ1) is 15.0. The van der Waals surface area contributed by atoms with E-state index in [9.17, 15) is 14.4 Å². The molecule has 2 atom stereocenters. The summed E-state index contributed by atoms with van der Waals surface area (Å²) in [4.78, 5) is 46.4. The van der Waals surface area contributed by atoms with E-state index < -0.39 is 6.04 Å². The van der Waals surface area contributed by atoms with Crippen molar-refractivity contribution >= 4 is 17.7 Å². The fourth-order valence-corrected chi connectivity index (χ4v) is 3.93. The minimum atomic E-state index is -0.601. The highest BCUT2D eigenvalue weighted by Gasteiger charge is 2.29. The number of hydrogen-bond acceptors (Lipinski definition) is 5. The van der Waals surface area contributed by atoms with Crippen molar-refractivity contribution in [3.8, 4) is 0 Å². The lowest BCUT2D eigenvalue weighted by Crippen LogP contribution is -2.47. The maximum atomic E-state index is 13.0. The number of aryl methyl sites for hydroxylation is 1. The fourth-order valence-electron chi connectivity index (χ4n) is 3.93. The van der Waals surface area contributed by atoms with Gasteiger partial charge in [-0.25, -0.2) is 9.67 Å². The normalized spacial score (nSPS) is 21.5. The Bertz CT molecular complexity index is 804. The van der Waals surface area contributed by atoms with E-state index in [1.165, 1.54) is 4.90 Å². The average Bonchev–Trinajstić information content (AvgIpc) is 3.07. The Morgan fingerprint density at radius 2 is 1.81 bits per heavy atom. The zero-order valence-corrected chi connectivity index (χ0v) is 20.7. The number of aromatic nitrogens is 3. The molecular weight excluding hydrogens is 408 g/mol. The molecule has 0 aliphatic carbocycles. The van der Waals surface area contributed by atoms with Crippen molar-refractivity contribution < 1.29 is 14.4 Å². The first-order valence-electron chi connectivity index (χ1n) is 11.7. The Morgan fingerprint density at radius 3 is 2.44 bits per heavy atom. The highest BCUT2D eigenvalue weighted by molar-refractivity contribution is 5.87. The molecule has 0 bridgehead atoms. The molecule has 1 aliphatic rings. The van der Waals surface area contributed by atoms with Crippen LogP contribution in [0, 0.1) is 18.8 Å². The lowest BCUT2D eigenvalue weighted by Gasteiger charge is -2.29. The number of amides is 3. The number of carbonyl (C=O) groups excluding carboxylic acids is 3. The Hall–Kier alpha value is -2.45. The average molecular weight is 449 g/mol. The summed E-state index contributed by atoms with van der Waals surface area (Å²) < 4.78 is 1.82. The van der Waals surface area contributed by atoms with E-state index in [1.807, 2.05) is 30.4 Å². The summed E-state index contributed by atoms with van der Waals surface area (Å²) in [6, 6.07) is -0.923. The number of nitrogens with one attached hydrogen (secondary N) is 1. The van der Waals surface area contributed by atoms with Crippen LogP contribution < -0.4 is 5.32 Å². The zero-order chi connectivity index (χ0) is 24.0. The van der Waals surface area contributed by atoms with Gasteiger partial charge in [-0.2, -0.15) is 5.10 Å². The Balaban J connectivity index is 2.40. The molecule has 180 valence electrons. The van der Waals surface area contributed by atoms with Gasteiger partial charge in [0.1, 0.15) is 17.7 Å². The van der Waals surface area contributed by atoms with E-state index >= 15 is 0 Å². The monoisotopic (exact) mass is 448 g/mol. The predicted molar refractivity (Wildman–Crippen MR) is 123 cm³/mol. The Kier molecular flexibility index (Phi) is 9.21. The van der Waals surface area contributed by atoms with Crippen LogP contribution in [0.15, 0.2) is 0 Å². The van der Waals surface area contributed by atoms with Gasteiger partial charge >= 0.3 is 0 Å². The Labute approximate surface area is 191 Å². The second-order valence-corrected chi connectivity index (χ2v) is 9.69. The van der Waals surface area contributed by atoms with E-state index in [-0.39, 0.29) is 29.7 Å². The van der Waals surface area contributed by atoms with Crippen molar-refractivity contribution in [2.24, 2.45) is 11.8 Å². The smallest absolute Gasteiger partial charge is 0.243 e. The van der Waals surface area contributed by atoms with Gasteiger partial charge < -0.3 is 15.1 Å². The minimum absolute atomic E-state index is 0.0895. The summed E-state index contributed by atoms with van der Waals surface area (Å²) in [5, 5.41) is 7.65. The molecule has 1 aromatic heterocycles. The number of likely N-dealkylation sites (N-methyl/N-ethyl adjacent to an activating group) is 1. The van der Waals surface area contributed by atoms with E-state index in [0.29, 0.717) is 62.9 Å². The molecule has 2 heterocycles. The van der Waals surface area contributed by atoms with Crippen LogP contribution in [0.4, 0.5) is 0 Å². The van der Waals surface area contributed by atoms with E-state index in [0.717, 1.165) is 0 Å². The minimum Gasteiger partial charge on any atom is -0.344 e. The van der Waals surface area contributed by atoms with Crippen LogP contribution in [0.25, 0.3) is 0 Å². The fraction of sp³-hybridized carbons (Fsp3) is 0.783. The number of hydrogen-bond donors (Lipinski definition) is 1. The molecule has 0 radical (unpaired) electrons. The van der Waals surface area contributed by atoms with Gasteiger partial charge in [0.15, 0.2) is 0 Å². The second-order valence-electron chi connectivity index (χ2n) is 9.69. The standard InChI is InChI=1S/C23H40N6O3/c1-15(2)13-19-22-24-18(6)26-29(22)12-11-28(21(31)14-16(3)4)10-8-9-20(30)27(7)17(5)23(32)25-19/h15-17,19H,8-14H2,1-7H3,(H,25,32)/t17-,19+/m0/s1. The summed E-state index contributed by atoms with van der Waals surface area (Å²) in [7, 11) is 1.66. The zero-order valence-electron chi connectivity index (χ0n) is 20.7. The van der Waals surface area contributed by atoms with Crippen LogP contribution >= 0.6 is 0 Å². The molecule has 9 nitrogen and oxygen atoms in total. The second kappa shape index (κ2) is 11.4. The summed E-state index contributed by atoms with van der Waals surface area (Å²) >= 11 is 0. The van der Waals surface area contributed by atoms with E-state index in [2.05, 4.69) is 29.2 Å². The molecule has 0 unspecified atom stereocenters. The molecule has 2 rings (SSSR count). The third-order valence-electron chi connectivity index (χ3n) is 5.83. The lowest BCUT2D eigenvalue weighted by atomic mass is 10.0. The number of fused-ring (bicyclic) bond motifs is 1. The summed E-state index contributed by atoms with van der Waals surface area (Å²) in [6.45, 7) is 13.3. The van der Waals surface area contributed by atoms with Gasteiger partial charge in [-0.3, -0.25) is 14.4 Å². The van der Waals surface area contributed by atoms with Crippen LogP contribution in [-0.2, 0) is 20.9 Å². The summed E-state index contributed by atoms with van der Waals surface area (Å²) in [5.41, 5.74) is 0. The van der Waals surface area contributed by atoms with Crippen LogP contribution in [-0.4, -0.2) is 68.5 Å². The largest absolute Gasteiger partial charge is 0.344 e. The van der Waals surface area contributed by atoms with Crippen molar-refractivity contribution in [2.75, 3.05) is 20.1 Å². The van der Waals surface area contributed by atoms with Crippen LogP contribution in [0.5, 0.6) is 0 Å². The van der Waals surface area contributed by atoms with Gasteiger partial charge in [0.25, 0.3) is 0 Å². The number of carbonyl (C=O) groups is 3. The van der Waals surface area contributed by atoms with Crippen molar-refractivity contribution in [1.29, 1.82) is 0 Å². The van der Waals surface area contributed by atoms with Gasteiger partial charge in [0.05, 0.1) is 12.6 Å². The first-order valence-corrected chi connectivity index (χ1v) is 11.7. The van der Waals surface area contributed by atoms with Crippen LogP contribution in [0.1, 0.15) is 78.0 Å². The topological polar surface area (TPSA) is 100 Å². The van der Waals surface area contributed by atoms with Crippen molar-refractivity contribution in [2.45, 2.75) is 85.9 Å². The molecule has 0 spiro atoms. The molecule has 3 amide bonds. The Morgan fingerprint density at radius 1 is 1.12 bits per heavy atom. The molecular formula is C23H40N6O3. The molecule has 9 heteroatoms. The SMILES string of the molecule is Cc1nc2n(n1)CCN(C(=O)CC(C)C)CCCC(=O)N(C)[C@@H](C)C(=O)N[C@@H]2CC(C)C. The third kappa shape index (κ3) is 7.03. The van der Waals surface area contributed by atoms with Gasteiger partial charge in [-0.05, 0) is 38.5 Å². The van der Waals surface area contributed by atoms with Gasteiger partial charge in [0.2, 0.25) is 17.7 Å². The third-order valence-corrected chi connectivity index (χ3v) is 5.83. The summed E-state index contributed by atoms with van der Waals surface area (Å²) in [5.74, 6) is 1.70. The first kappa shape index (κ1) is 25.8. The maximum Gasteiger partial charge on any atom is 0.243 e. The molecule has 1 N–H and O–H groups in total. The van der Waals surface area contributed by atoms with E-state index in [4.69, 9.17) is 0 Å². The van der Waals surface area contributed by atoms with Crippen molar-refractivity contribution in [1.82, 2.24) is 29.9 Å². The van der Waals surface area contributed by atoms with Gasteiger partial charge in [-0.1, -0.05) is 27.7 Å². The highest BCUT2D eigenvalue weighted by Crippen LogP contribution is 2.21.